The maximum absolute atomic E-state index is 15.3. The van der Waals surface area contributed by atoms with Crippen molar-refractivity contribution in [2.75, 3.05) is 37.0 Å². The highest BCUT2D eigenvalue weighted by molar-refractivity contribution is 6.28. The zero-order chi connectivity index (χ0) is 24.1. The summed E-state index contributed by atoms with van der Waals surface area (Å²) in [6.45, 7) is 5.21. The van der Waals surface area contributed by atoms with Gasteiger partial charge in [-0.2, -0.15) is 14.4 Å². The molecule has 0 bridgehead atoms. The average molecular weight is 486 g/mol. The van der Waals surface area contributed by atoms with E-state index in [2.05, 4.69) is 32.6 Å². The zero-order valence-electron chi connectivity index (χ0n) is 19.3. The van der Waals surface area contributed by atoms with Gasteiger partial charge >= 0.3 is 0 Å². The molecule has 1 aliphatic heterocycles. The molecule has 12 heteroatoms. The van der Waals surface area contributed by atoms with Crippen molar-refractivity contribution in [1.82, 2.24) is 25.4 Å². The average Bonchev–Trinajstić information content (AvgIpc) is 3.30. The van der Waals surface area contributed by atoms with Crippen molar-refractivity contribution in [3.05, 3.63) is 11.1 Å². The SMILES string of the molecule is C[C@@H]1[C@H](C)N(C)CCN1c1nc(Cl)nc(NNC(=O)[C@H](CC2CCCC2)CN(O)C=O)c1F. The van der Waals surface area contributed by atoms with Crippen LogP contribution in [0.3, 0.4) is 0 Å². The minimum absolute atomic E-state index is 0.0127. The number of anilines is 2. The van der Waals surface area contributed by atoms with Crippen LogP contribution in [0.25, 0.3) is 0 Å². The first kappa shape index (κ1) is 25.4. The lowest BCUT2D eigenvalue weighted by Gasteiger charge is -2.44. The van der Waals surface area contributed by atoms with Crippen molar-refractivity contribution in [3.63, 3.8) is 0 Å². The molecule has 1 aromatic rings. The molecule has 1 saturated heterocycles. The molecule has 2 heterocycles. The van der Waals surface area contributed by atoms with Gasteiger partial charge in [-0.25, -0.2) is 5.06 Å². The van der Waals surface area contributed by atoms with Crippen LogP contribution in [0.2, 0.25) is 5.28 Å². The first-order valence-electron chi connectivity index (χ1n) is 11.4. The standard InChI is InChI=1S/C21H33ClFN7O3/c1-13-14(2)30(9-8-28(13)3)19-17(23)18(24-21(22)25-19)26-27-20(32)16(11-29(33)12-31)10-15-6-4-5-7-15/h12-16,33H,4-11H2,1-3H3,(H,27,32)(H,24,25,26)/t13-,14+,16+/m0/s1. The van der Waals surface area contributed by atoms with Crippen molar-refractivity contribution in [2.45, 2.75) is 58.0 Å². The molecule has 1 saturated carbocycles. The number of rotatable bonds is 9. The van der Waals surface area contributed by atoms with E-state index in [0.29, 0.717) is 23.9 Å². The summed E-state index contributed by atoms with van der Waals surface area (Å²) >= 11 is 6.08. The number of carbonyl (C=O) groups excluding carboxylic acids is 2. The van der Waals surface area contributed by atoms with E-state index >= 15 is 4.39 Å². The van der Waals surface area contributed by atoms with Crippen LogP contribution < -0.4 is 15.8 Å². The number of likely N-dealkylation sites (N-methyl/N-ethyl adjacent to an activating group) is 1. The molecule has 0 spiro atoms. The van der Waals surface area contributed by atoms with Gasteiger partial charge in [0.15, 0.2) is 11.6 Å². The lowest BCUT2D eigenvalue weighted by atomic mass is 9.92. The van der Waals surface area contributed by atoms with E-state index in [1.165, 1.54) is 0 Å². The highest BCUT2D eigenvalue weighted by Crippen LogP contribution is 2.31. The molecule has 0 unspecified atom stereocenters. The molecular weight excluding hydrogens is 453 g/mol. The lowest BCUT2D eigenvalue weighted by molar-refractivity contribution is -0.154. The zero-order valence-corrected chi connectivity index (χ0v) is 20.1. The van der Waals surface area contributed by atoms with Crippen LogP contribution in [0, 0.1) is 17.7 Å². The minimum Gasteiger partial charge on any atom is -0.348 e. The van der Waals surface area contributed by atoms with Gasteiger partial charge in [0.25, 0.3) is 0 Å². The number of piperazine rings is 1. The van der Waals surface area contributed by atoms with Crippen LogP contribution in [0.4, 0.5) is 16.0 Å². The number of hydrogen-bond acceptors (Lipinski definition) is 8. The van der Waals surface area contributed by atoms with E-state index in [-0.39, 0.29) is 42.0 Å². The molecule has 184 valence electrons. The normalized spacial score (nSPS) is 22.8. The summed E-state index contributed by atoms with van der Waals surface area (Å²) in [5.74, 6) is -1.67. The van der Waals surface area contributed by atoms with Crippen molar-refractivity contribution in [2.24, 2.45) is 11.8 Å². The van der Waals surface area contributed by atoms with Crippen molar-refractivity contribution in [3.8, 4) is 0 Å². The Bertz CT molecular complexity index is 842. The second kappa shape index (κ2) is 11.3. The summed E-state index contributed by atoms with van der Waals surface area (Å²) in [5, 5.41) is 9.93. The van der Waals surface area contributed by atoms with Gasteiger partial charge in [-0.15, -0.1) is 0 Å². The maximum atomic E-state index is 15.3. The van der Waals surface area contributed by atoms with Gasteiger partial charge in [-0.1, -0.05) is 25.7 Å². The van der Waals surface area contributed by atoms with Gasteiger partial charge in [-0.05, 0) is 44.8 Å². The predicted octanol–water partition coefficient (Wildman–Crippen LogP) is 2.29. The molecule has 10 nitrogen and oxygen atoms in total. The highest BCUT2D eigenvalue weighted by atomic mass is 35.5. The topological polar surface area (TPSA) is 114 Å². The summed E-state index contributed by atoms with van der Waals surface area (Å²) in [7, 11) is 2.02. The van der Waals surface area contributed by atoms with Gasteiger partial charge in [-0.3, -0.25) is 30.5 Å². The predicted molar refractivity (Wildman–Crippen MR) is 122 cm³/mol. The highest BCUT2D eigenvalue weighted by Gasteiger charge is 2.32. The van der Waals surface area contributed by atoms with Gasteiger partial charge in [0.05, 0.1) is 12.5 Å². The first-order chi connectivity index (χ1) is 15.7. The van der Waals surface area contributed by atoms with E-state index in [1.807, 2.05) is 18.9 Å². The summed E-state index contributed by atoms with van der Waals surface area (Å²) in [5.41, 5.74) is 5.00. The minimum atomic E-state index is -0.715. The molecule has 0 radical (unpaired) electrons. The fraction of sp³-hybridized carbons (Fsp3) is 0.714. The van der Waals surface area contributed by atoms with Crippen molar-refractivity contribution >= 4 is 35.6 Å². The van der Waals surface area contributed by atoms with E-state index in [1.54, 1.807) is 0 Å². The Kier molecular flexibility index (Phi) is 8.66. The smallest absolute Gasteiger partial charge is 0.243 e. The number of hydroxylamine groups is 2. The molecule has 1 aliphatic carbocycles. The molecule has 3 N–H and O–H groups in total. The van der Waals surface area contributed by atoms with E-state index in [9.17, 15) is 14.8 Å². The van der Waals surface area contributed by atoms with Gasteiger partial charge in [0, 0.05) is 25.2 Å². The number of halogens is 2. The second-order valence-electron chi connectivity index (χ2n) is 9.06. The van der Waals surface area contributed by atoms with Crippen LogP contribution >= 0.6 is 11.6 Å². The number of hydrogen-bond donors (Lipinski definition) is 3. The number of aromatic nitrogens is 2. The van der Waals surface area contributed by atoms with Gasteiger partial charge in [0.1, 0.15) is 0 Å². The number of nitrogens with zero attached hydrogens (tertiary/aromatic N) is 5. The van der Waals surface area contributed by atoms with Gasteiger partial charge < -0.3 is 4.90 Å². The monoisotopic (exact) mass is 485 g/mol. The Balaban J connectivity index is 1.72. The van der Waals surface area contributed by atoms with E-state index in [0.717, 1.165) is 32.2 Å². The molecule has 2 fully saturated rings. The quantitative estimate of drug-likeness (QED) is 0.211. The molecule has 2 amide bonds. The Hall–Kier alpha value is -2.24. The number of amides is 2. The number of nitrogens with one attached hydrogen (secondary N) is 2. The van der Waals surface area contributed by atoms with Crippen LogP contribution in [0.15, 0.2) is 0 Å². The lowest BCUT2D eigenvalue weighted by Crippen LogP contribution is -2.56. The van der Waals surface area contributed by atoms with E-state index < -0.39 is 17.6 Å². The molecular formula is C21H33ClFN7O3. The number of hydrazine groups is 1. The summed E-state index contributed by atoms with van der Waals surface area (Å²) in [4.78, 5) is 35.7. The van der Waals surface area contributed by atoms with Crippen molar-refractivity contribution < 1.29 is 19.2 Å². The summed E-state index contributed by atoms with van der Waals surface area (Å²) in [6.07, 6.45) is 4.99. The molecule has 1 aromatic heterocycles. The molecule has 33 heavy (non-hydrogen) atoms. The number of carbonyl (C=O) groups is 2. The third kappa shape index (κ3) is 6.21. The third-order valence-corrected chi connectivity index (χ3v) is 7.12. The Labute approximate surface area is 198 Å². The molecule has 2 aliphatic rings. The molecule has 3 rings (SSSR count). The first-order valence-corrected chi connectivity index (χ1v) is 11.8. The fourth-order valence-corrected chi connectivity index (χ4v) is 4.85. The summed E-state index contributed by atoms with van der Waals surface area (Å²) in [6, 6.07) is 0.167. The Morgan fingerprint density at radius 1 is 1.30 bits per heavy atom. The van der Waals surface area contributed by atoms with Crippen molar-refractivity contribution in [1.29, 1.82) is 0 Å². The van der Waals surface area contributed by atoms with Gasteiger partial charge in [0.2, 0.25) is 23.4 Å². The maximum Gasteiger partial charge on any atom is 0.243 e. The Morgan fingerprint density at radius 2 is 2.00 bits per heavy atom. The van der Waals surface area contributed by atoms with E-state index in [4.69, 9.17) is 11.6 Å². The molecule has 0 aromatic carbocycles. The van der Waals surface area contributed by atoms with Crippen LogP contribution in [-0.2, 0) is 9.59 Å². The third-order valence-electron chi connectivity index (χ3n) is 6.95. The molecule has 3 atom stereocenters. The van der Waals surface area contributed by atoms with Crippen LogP contribution in [0.1, 0.15) is 46.0 Å². The fourth-order valence-electron chi connectivity index (χ4n) is 4.69. The Morgan fingerprint density at radius 3 is 2.67 bits per heavy atom. The van der Waals surface area contributed by atoms with Crippen LogP contribution in [-0.4, -0.2) is 76.2 Å². The second-order valence-corrected chi connectivity index (χ2v) is 9.40. The summed E-state index contributed by atoms with van der Waals surface area (Å²) < 4.78 is 15.3. The largest absolute Gasteiger partial charge is 0.348 e. The van der Waals surface area contributed by atoms with Crippen LogP contribution in [0.5, 0.6) is 0 Å².